The third-order valence-corrected chi connectivity index (χ3v) is 4.25. The fourth-order valence-electron chi connectivity index (χ4n) is 3.16. The van der Waals surface area contributed by atoms with Crippen LogP contribution in [-0.4, -0.2) is 14.9 Å². The third-order valence-electron chi connectivity index (χ3n) is 4.25. The summed E-state index contributed by atoms with van der Waals surface area (Å²) in [5.41, 5.74) is 2.70. The van der Waals surface area contributed by atoms with Crippen molar-refractivity contribution in [3.05, 3.63) is 60.7 Å². The Balaban J connectivity index is 1.95. The predicted octanol–water partition coefficient (Wildman–Crippen LogP) is 4.49. The molecule has 1 aliphatic rings. The standard InChI is InChI=1S/C19H17N2O/c22-18-13-7-5-11-16(18)19-15-10-4-6-12-17(15)21(20-19)14-8-2-1-3-9-14/h2,4-6,8,10-14,22H,1,3,9H2. The molecule has 0 aliphatic heterocycles. The Morgan fingerprint density at radius 2 is 2.14 bits per heavy atom. The van der Waals surface area contributed by atoms with E-state index in [0.29, 0.717) is 6.04 Å². The van der Waals surface area contributed by atoms with Crippen LogP contribution in [0.15, 0.2) is 54.6 Å². The van der Waals surface area contributed by atoms with Gasteiger partial charge in [0.1, 0.15) is 11.4 Å². The zero-order chi connectivity index (χ0) is 14.9. The number of phenols is 1. The van der Waals surface area contributed by atoms with Crippen LogP contribution in [0.5, 0.6) is 5.75 Å². The van der Waals surface area contributed by atoms with Crippen molar-refractivity contribution >= 4 is 10.9 Å². The van der Waals surface area contributed by atoms with E-state index in [1.807, 2.05) is 24.3 Å². The third kappa shape index (κ3) is 2.10. The normalized spacial score (nSPS) is 17.9. The van der Waals surface area contributed by atoms with Crippen molar-refractivity contribution in [2.24, 2.45) is 0 Å². The summed E-state index contributed by atoms with van der Waals surface area (Å²) in [6, 6.07) is 16.7. The van der Waals surface area contributed by atoms with E-state index in [-0.39, 0.29) is 5.75 Å². The molecule has 4 rings (SSSR count). The summed E-state index contributed by atoms with van der Waals surface area (Å²) >= 11 is 0. The molecule has 1 N–H and O–H groups in total. The van der Waals surface area contributed by atoms with Crippen LogP contribution in [0.2, 0.25) is 0 Å². The second-order valence-corrected chi connectivity index (χ2v) is 5.68. The molecule has 1 radical (unpaired) electrons. The Morgan fingerprint density at radius 3 is 2.95 bits per heavy atom. The molecule has 3 aromatic rings. The van der Waals surface area contributed by atoms with Gasteiger partial charge in [-0.05, 0) is 43.5 Å². The topological polar surface area (TPSA) is 38.1 Å². The summed E-state index contributed by atoms with van der Waals surface area (Å²) in [7, 11) is 0. The zero-order valence-electron chi connectivity index (χ0n) is 12.2. The van der Waals surface area contributed by atoms with Crippen LogP contribution in [-0.2, 0) is 0 Å². The van der Waals surface area contributed by atoms with Crippen molar-refractivity contribution in [3.63, 3.8) is 0 Å². The van der Waals surface area contributed by atoms with E-state index in [9.17, 15) is 5.11 Å². The number of para-hydroxylation sites is 1. The Morgan fingerprint density at radius 1 is 1.23 bits per heavy atom. The molecule has 0 fully saturated rings. The first-order valence-electron chi connectivity index (χ1n) is 7.68. The lowest BCUT2D eigenvalue weighted by atomic mass is 10.0. The monoisotopic (exact) mass is 289 g/mol. The van der Waals surface area contributed by atoms with Gasteiger partial charge in [0.15, 0.2) is 0 Å². The Hall–Kier alpha value is -2.55. The Kier molecular flexibility index (Phi) is 3.19. The first kappa shape index (κ1) is 13.1. The molecule has 0 saturated heterocycles. The molecule has 3 nitrogen and oxygen atoms in total. The number of benzene rings is 2. The second kappa shape index (κ2) is 5.34. The number of aromatic nitrogens is 2. The first-order valence-corrected chi connectivity index (χ1v) is 7.68. The molecule has 109 valence electrons. The molecular weight excluding hydrogens is 272 g/mol. The Bertz CT molecular complexity index is 848. The highest BCUT2D eigenvalue weighted by atomic mass is 16.3. The summed E-state index contributed by atoms with van der Waals surface area (Å²) < 4.78 is 2.09. The molecule has 1 atom stereocenters. The fraction of sp³-hybridized carbons (Fsp3) is 0.211. The molecule has 22 heavy (non-hydrogen) atoms. The maximum absolute atomic E-state index is 10.1. The van der Waals surface area contributed by atoms with Crippen molar-refractivity contribution in [1.29, 1.82) is 0 Å². The molecule has 3 heteroatoms. The van der Waals surface area contributed by atoms with Gasteiger partial charge in [0.2, 0.25) is 0 Å². The molecule has 0 bridgehead atoms. The minimum Gasteiger partial charge on any atom is -0.507 e. The molecule has 0 spiro atoms. The van der Waals surface area contributed by atoms with Gasteiger partial charge in [-0.25, -0.2) is 0 Å². The first-order chi connectivity index (χ1) is 10.8. The smallest absolute Gasteiger partial charge is 0.125 e. The van der Waals surface area contributed by atoms with Gasteiger partial charge in [-0.3, -0.25) is 4.68 Å². The van der Waals surface area contributed by atoms with Crippen molar-refractivity contribution in [2.45, 2.75) is 25.3 Å². The zero-order valence-corrected chi connectivity index (χ0v) is 12.2. The van der Waals surface area contributed by atoms with Crippen LogP contribution in [0.3, 0.4) is 0 Å². The van der Waals surface area contributed by atoms with Crippen LogP contribution in [0.4, 0.5) is 0 Å². The van der Waals surface area contributed by atoms with Crippen LogP contribution in [0, 0.1) is 6.07 Å². The van der Waals surface area contributed by atoms with Crippen LogP contribution in [0.1, 0.15) is 25.3 Å². The minimum atomic E-state index is 0.220. The van der Waals surface area contributed by atoms with Gasteiger partial charge in [-0.15, -0.1) is 0 Å². The highest BCUT2D eigenvalue weighted by Crippen LogP contribution is 2.35. The second-order valence-electron chi connectivity index (χ2n) is 5.68. The summed E-state index contributed by atoms with van der Waals surface area (Å²) in [5, 5.41) is 16.1. The van der Waals surface area contributed by atoms with Gasteiger partial charge in [-0.2, -0.15) is 5.10 Å². The summed E-state index contributed by atoms with van der Waals surface area (Å²) in [6.45, 7) is 0. The van der Waals surface area contributed by atoms with E-state index in [4.69, 9.17) is 5.10 Å². The highest BCUT2D eigenvalue weighted by molar-refractivity contribution is 5.94. The number of fused-ring (bicyclic) bond motifs is 1. The van der Waals surface area contributed by atoms with Crippen LogP contribution >= 0.6 is 0 Å². The van der Waals surface area contributed by atoms with Crippen molar-refractivity contribution in [1.82, 2.24) is 9.78 Å². The van der Waals surface area contributed by atoms with Gasteiger partial charge in [-0.1, -0.05) is 36.4 Å². The molecule has 1 aliphatic carbocycles. The van der Waals surface area contributed by atoms with Gasteiger partial charge < -0.3 is 5.11 Å². The van der Waals surface area contributed by atoms with E-state index in [1.54, 1.807) is 6.07 Å². The summed E-state index contributed by atoms with van der Waals surface area (Å²) in [5.74, 6) is 0.220. The van der Waals surface area contributed by atoms with E-state index in [2.05, 4.69) is 35.0 Å². The van der Waals surface area contributed by atoms with Crippen molar-refractivity contribution in [2.75, 3.05) is 0 Å². The predicted molar refractivity (Wildman–Crippen MR) is 87.7 cm³/mol. The maximum Gasteiger partial charge on any atom is 0.125 e. The summed E-state index contributed by atoms with van der Waals surface area (Å²) in [6.07, 6.45) is 7.93. The van der Waals surface area contributed by atoms with Gasteiger partial charge in [0.05, 0.1) is 11.6 Å². The fourth-order valence-corrected chi connectivity index (χ4v) is 3.16. The molecule has 1 aromatic heterocycles. The summed E-state index contributed by atoms with van der Waals surface area (Å²) in [4.78, 5) is 0. The van der Waals surface area contributed by atoms with Gasteiger partial charge in [0.25, 0.3) is 0 Å². The van der Waals surface area contributed by atoms with E-state index >= 15 is 0 Å². The lowest BCUT2D eigenvalue weighted by molar-refractivity contribution is 0.475. The van der Waals surface area contributed by atoms with E-state index in [1.165, 1.54) is 6.42 Å². The maximum atomic E-state index is 10.1. The molecule has 1 unspecified atom stereocenters. The van der Waals surface area contributed by atoms with Crippen LogP contribution in [0.25, 0.3) is 22.2 Å². The van der Waals surface area contributed by atoms with Gasteiger partial charge in [0, 0.05) is 10.9 Å². The molecule has 0 saturated carbocycles. The number of phenolic OH excluding ortho intramolecular Hbond substituents is 1. The van der Waals surface area contributed by atoms with Crippen molar-refractivity contribution in [3.8, 4) is 17.0 Å². The number of aromatic hydroxyl groups is 1. The van der Waals surface area contributed by atoms with Crippen molar-refractivity contribution < 1.29 is 5.11 Å². The molecule has 1 heterocycles. The number of allylic oxidation sites excluding steroid dienone is 2. The minimum absolute atomic E-state index is 0.220. The SMILES string of the molecule is Oc1c[c]ccc1-c1nn(C2C=CCCC2)c2ccccc12. The molecule has 0 amide bonds. The van der Waals surface area contributed by atoms with Gasteiger partial charge >= 0.3 is 0 Å². The van der Waals surface area contributed by atoms with Crippen LogP contribution < -0.4 is 0 Å². The number of rotatable bonds is 2. The van der Waals surface area contributed by atoms with E-state index in [0.717, 1.165) is 35.0 Å². The molecular formula is C19H17N2O. The Labute approximate surface area is 129 Å². The largest absolute Gasteiger partial charge is 0.507 e. The molecule has 2 aromatic carbocycles. The quantitative estimate of drug-likeness (QED) is 0.706. The average Bonchev–Trinajstić information content (AvgIpc) is 2.96. The number of hydrogen-bond donors (Lipinski definition) is 1. The average molecular weight is 289 g/mol. The number of hydrogen-bond acceptors (Lipinski definition) is 2. The number of nitrogens with zero attached hydrogens (tertiary/aromatic N) is 2. The van der Waals surface area contributed by atoms with E-state index < -0.39 is 0 Å². The highest BCUT2D eigenvalue weighted by Gasteiger charge is 2.19. The lowest BCUT2D eigenvalue weighted by Gasteiger charge is -2.17. The lowest BCUT2D eigenvalue weighted by Crippen LogP contribution is -2.10.